The first-order valence-corrected chi connectivity index (χ1v) is 15.0. The number of nitrogens with zero attached hydrogens (tertiary/aromatic N) is 3. The molecule has 0 amide bonds. The van der Waals surface area contributed by atoms with Crippen LogP contribution in [0, 0.1) is 6.92 Å². The van der Waals surface area contributed by atoms with Gasteiger partial charge in [0.05, 0.1) is 11.8 Å². The molecule has 1 aliphatic heterocycles. The number of carbonyl (C=O) groups is 1. The van der Waals surface area contributed by atoms with Crippen LogP contribution in [0.3, 0.4) is 0 Å². The first kappa shape index (κ1) is 30.6. The number of esters is 1. The first-order valence-electron chi connectivity index (χ1n) is 13.5. The van der Waals surface area contributed by atoms with Gasteiger partial charge in [0.2, 0.25) is 10.9 Å². The van der Waals surface area contributed by atoms with Crippen LogP contribution in [0.5, 0.6) is 5.88 Å². The van der Waals surface area contributed by atoms with Gasteiger partial charge in [-0.25, -0.2) is 27.2 Å². The van der Waals surface area contributed by atoms with E-state index in [2.05, 4.69) is 15.3 Å². The number of carbonyl (C=O) groups excluding carboxylic acids is 1. The Balaban J connectivity index is 1.57. The molecule has 1 unspecified atom stereocenters. The zero-order valence-corrected chi connectivity index (χ0v) is 24.0. The minimum absolute atomic E-state index is 0.0613. The summed E-state index contributed by atoms with van der Waals surface area (Å²) >= 11 is 0. The third-order valence-electron chi connectivity index (χ3n) is 6.77. The zero-order valence-electron chi connectivity index (χ0n) is 23.1. The molecule has 38 heavy (non-hydrogen) atoms. The Morgan fingerprint density at radius 1 is 1.24 bits per heavy atom. The number of hydrogen-bond acceptors (Lipinski definition) is 8. The molecule has 2 aliphatic rings. The van der Waals surface area contributed by atoms with Crippen LogP contribution in [0.15, 0.2) is 11.2 Å². The number of hydrogen-bond donors (Lipinski definition) is 1. The predicted octanol–water partition coefficient (Wildman–Crippen LogP) is 4.38. The molecule has 2 atom stereocenters. The Hall–Kier alpha value is -1.92. The van der Waals surface area contributed by atoms with Gasteiger partial charge >= 0.3 is 5.97 Å². The van der Waals surface area contributed by atoms with Crippen molar-refractivity contribution in [2.45, 2.75) is 127 Å². The molecule has 216 valence electrons. The molecule has 1 N–H and O–H groups in total. The molecule has 0 spiro atoms. The quantitative estimate of drug-likeness (QED) is 0.314. The summed E-state index contributed by atoms with van der Waals surface area (Å²) in [7, 11) is -4.16. The van der Waals surface area contributed by atoms with Crippen LogP contribution in [0.2, 0.25) is 0 Å². The van der Waals surface area contributed by atoms with Crippen LogP contribution in [-0.2, 0) is 19.6 Å². The van der Waals surface area contributed by atoms with E-state index < -0.39 is 33.6 Å². The predicted molar refractivity (Wildman–Crippen MR) is 139 cm³/mol. The van der Waals surface area contributed by atoms with Crippen molar-refractivity contribution in [2.75, 3.05) is 13.1 Å². The molecule has 12 heteroatoms. The fourth-order valence-electron chi connectivity index (χ4n) is 4.80. The van der Waals surface area contributed by atoms with Crippen LogP contribution in [-0.4, -0.2) is 71.5 Å². The molecule has 0 aromatic carbocycles. The summed E-state index contributed by atoms with van der Waals surface area (Å²) in [6.07, 6.45) is 5.12. The van der Waals surface area contributed by atoms with Gasteiger partial charge in [0.15, 0.2) is 0 Å². The first-order chi connectivity index (χ1) is 17.7. The third-order valence-corrected chi connectivity index (χ3v) is 8.59. The highest BCUT2D eigenvalue weighted by atomic mass is 32.2. The molecule has 3 rings (SSSR count). The maximum atomic E-state index is 13.6. The van der Waals surface area contributed by atoms with Crippen molar-refractivity contribution >= 4 is 16.0 Å². The lowest BCUT2D eigenvalue weighted by Gasteiger charge is -2.29. The van der Waals surface area contributed by atoms with Crippen LogP contribution >= 0.6 is 0 Å². The van der Waals surface area contributed by atoms with Crippen molar-refractivity contribution in [3.63, 3.8) is 0 Å². The Labute approximate surface area is 225 Å². The number of alkyl halides is 2. The van der Waals surface area contributed by atoms with E-state index in [-0.39, 0.29) is 42.4 Å². The summed E-state index contributed by atoms with van der Waals surface area (Å²) in [6, 6.07) is -0.788. The van der Waals surface area contributed by atoms with Gasteiger partial charge in [-0.05, 0) is 86.1 Å². The van der Waals surface area contributed by atoms with Gasteiger partial charge in [0.25, 0.3) is 15.9 Å². The average Bonchev–Trinajstić information content (AvgIpc) is 3.30. The van der Waals surface area contributed by atoms with Crippen LogP contribution in [0.1, 0.15) is 91.2 Å². The number of sulfonamides is 1. The Morgan fingerprint density at radius 3 is 2.58 bits per heavy atom. The fraction of sp³-hybridized carbons (Fsp3) is 0.808. The lowest BCUT2D eigenvalue weighted by Crippen LogP contribution is -2.43. The normalized spacial score (nSPS) is 21.8. The molecule has 2 heterocycles. The molecule has 2 fully saturated rings. The van der Waals surface area contributed by atoms with E-state index >= 15 is 0 Å². The summed E-state index contributed by atoms with van der Waals surface area (Å²) in [5.74, 6) is -3.18. The highest BCUT2D eigenvalue weighted by Gasteiger charge is 2.43. The lowest BCUT2D eigenvalue weighted by atomic mass is 9.92. The van der Waals surface area contributed by atoms with Crippen molar-refractivity contribution in [3.05, 3.63) is 11.9 Å². The van der Waals surface area contributed by atoms with Crippen LogP contribution in [0.25, 0.3) is 0 Å². The maximum absolute atomic E-state index is 13.6. The molecule has 1 aliphatic carbocycles. The summed E-state index contributed by atoms with van der Waals surface area (Å²) in [6.45, 7) is 9.68. The number of halogens is 2. The largest absolute Gasteiger partial charge is 0.473 e. The van der Waals surface area contributed by atoms with Crippen LogP contribution < -0.4 is 10.1 Å². The average molecular weight is 561 g/mol. The monoisotopic (exact) mass is 560 g/mol. The highest BCUT2D eigenvalue weighted by Crippen LogP contribution is 2.33. The van der Waals surface area contributed by atoms with E-state index in [1.165, 1.54) is 6.20 Å². The van der Waals surface area contributed by atoms with Gasteiger partial charge in [-0.1, -0.05) is 0 Å². The Bertz CT molecular complexity index is 1050. The number of ether oxygens (including phenoxy) is 2. The second-order valence-electron chi connectivity index (χ2n) is 11.4. The van der Waals surface area contributed by atoms with Crippen molar-refractivity contribution in [3.8, 4) is 5.88 Å². The number of nitrogens with one attached hydrogen (secondary N) is 1. The van der Waals surface area contributed by atoms with Crippen molar-refractivity contribution in [2.24, 2.45) is 0 Å². The lowest BCUT2D eigenvalue weighted by molar-refractivity contribution is -0.158. The topological polar surface area (TPSA) is 111 Å². The highest BCUT2D eigenvalue weighted by molar-refractivity contribution is 7.89. The Kier molecular flexibility index (Phi) is 10.1. The third kappa shape index (κ3) is 8.54. The second kappa shape index (κ2) is 12.5. The van der Waals surface area contributed by atoms with Gasteiger partial charge in [-0.2, -0.15) is 4.31 Å². The van der Waals surface area contributed by atoms with E-state index in [0.717, 1.165) is 23.7 Å². The smallest absolute Gasteiger partial charge is 0.324 e. The second-order valence-corrected chi connectivity index (χ2v) is 13.2. The van der Waals surface area contributed by atoms with E-state index in [1.807, 2.05) is 6.92 Å². The van der Waals surface area contributed by atoms with Gasteiger partial charge in [-0.15, -0.1) is 0 Å². The molecule has 0 bridgehead atoms. The molecule has 1 aromatic rings. The molecule has 0 radical (unpaired) electrons. The van der Waals surface area contributed by atoms with Gasteiger partial charge < -0.3 is 14.8 Å². The van der Waals surface area contributed by atoms with Crippen molar-refractivity contribution < 1.29 is 31.5 Å². The molecule has 1 aromatic heterocycles. The van der Waals surface area contributed by atoms with Crippen LogP contribution in [0.4, 0.5) is 8.78 Å². The summed E-state index contributed by atoms with van der Waals surface area (Å²) in [5, 5.41) is 3.05. The van der Waals surface area contributed by atoms with E-state index in [1.54, 1.807) is 27.7 Å². The summed E-state index contributed by atoms with van der Waals surface area (Å²) in [5.41, 5.74) is -0.221. The van der Waals surface area contributed by atoms with Gasteiger partial charge in [0, 0.05) is 31.6 Å². The van der Waals surface area contributed by atoms with Gasteiger partial charge in [-0.3, -0.25) is 4.79 Å². The molecular formula is C26H42F2N4O5S. The summed E-state index contributed by atoms with van der Waals surface area (Å²) in [4.78, 5) is 21.2. The molecule has 1 saturated heterocycles. The molecular weight excluding hydrogens is 518 g/mol. The molecule has 9 nitrogen and oxygen atoms in total. The van der Waals surface area contributed by atoms with E-state index in [4.69, 9.17) is 9.47 Å². The van der Waals surface area contributed by atoms with Crippen molar-refractivity contribution in [1.82, 2.24) is 19.6 Å². The standard InChI is InChI=1S/C26H42F2N4O5S/c1-18-17-30-23(38(34,35)32-16-8-10-21(32)24(33)37-25(3,4)5)22(31-18)36-19(2)9-6-7-15-29-20-11-13-26(27,28)14-12-20/h17,19-21,29H,6-16H2,1-5H3/t19?,21-/m0/s1. The van der Waals surface area contributed by atoms with E-state index in [9.17, 15) is 22.0 Å². The molecule has 1 saturated carbocycles. The summed E-state index contributed by atoms with van der Waals surface area (Å²) < 4.78 is 66.4. The zero-order chi connectivity index (χ0) is 28.1. The number of aromatic nitrogens is 2. The van der Waals surface area contributed by atoms with E-state index in [0.29, 0.717) is 37.8 Å². The Morgan fingerprint density at radius 2 is 1.92 bits per heavy atom. The minimum Gasteiger partial charge on any atom is -0.473 e. The van der Waals surface area contributed by atoms with Gasteiger partial charge in [0.1, 0.15) is 11.6 Å². The maximum Gasteiger partial charge on any atom is 0.324 e. The number of unbranched alkanes of at least 4 members (excludes halogenated alkanes) is 1. The SMILES string of the molecule is Cc1cnc(S(=O)(=O)N2CCC[C@H]2C(=O)OC(C)(C)C)c(OC(C)CCCCNC2CCC(F)(F)CC2)n1. The fourth-order valence-corrected chi connectivity index (χ4v) is 6.42. The number of rotatable bonds is 11. The minimum atomic E-state index is -4.16. The number of aryl methyl sites for hydroxylation is 1. The van der Waals surface area contributed by atoms with Crippen molar-refractivity contribution in [1.29, 1.82) is 0 Å².